The molecular formula is C15H30N2O. The molecule has 0 aliphatic carbocycles. The van der Waals surface area contributed by atoms with Crippen LogP contribution in [0.2, 0.25) is 0 Å². The van der Waals surface area contributed by atoms with E-state index in [1.165, 1.54) is 45.3 Å². The highest BCUT2D eigenvalue weighted by Gasteiger charge is 2.28. The van der Waals surface area contributed by atoms with Gasteiger partial charge in [0.05, 0.1) is 6.61 Å². The summed E-state index contributed by atoms with van der Waals surface area (Å²) < 4.78 is 5.66. The average molecular weight is 254 g/mol. The number of nitrogens with one attached hydrogen (secondary N) is 1. The van der Waals surface area contributed by atoms with Crippen molar-refractivity contribution in [1.82, 2.24) is 10.2 Å². The van der Waals surface area contributed by atoms with Crippen molar-refractivity contribution < 1.29 is 4.74 Å². The lowest BCUT2D eigenvalue weighted by Gasteiger charge is -2.35. The van der Waals surface area contributed by atoms with Crippen molar-refractivity contribution in [2.24, 2.45) is 11.3 Å². The first-order chi connectivity index (χ1) is 8.61. The second-order valence-electron chi connectivity index (χ2n) is 6.84. The first-order valence-electron chi connectivity index (χ1n) is 7.58. The minimum Gasteiger partial charge on any atom is -0.381 e. The van der Waals surface area contributed by atoms with Crippen LogP contribution < -0.4 is 5.32 Å². The van der Waals surface area contributed by atoms with Gasteiger partial charge in [-0.1, -0.05) is 13.8 Å². The van der Waals surface area contributed by atoms with Crippen LogP contribution in [-0.2, 0) is 4.74 Å². The minimum absolute atomic E-state index is 0.542. The van der Waals surface area contributed by atoms with Crippen LogP contribution in [0, 0.1) is 11.3 Å². The highest BCUT2D eigenvalue weighted by molar-refractivity contribution is 4.83. The normalized spacial score (nSPS) is 34.2. The summed E-state index contributed by atoms with van der Waals surface area (Å²) in [4.78, 5) is 2.67. The van der Waals surface area contributed by atoms with E-state index in [0.29, 0.717) is 17.4 Å². The Morgan fingerprint density at radius 3 is 2.89 bits per heavy atom. The van der Waals surface area contributed by atoms with Crippen molar-refractivity contribution in [3.63, 3.8) is 0 Å². The Labute approximate surface area is 112 Å². The monoisotopic (exact) mass is 254 g/mol. The van der Waals surface area contributed by atoms with Gasteiger partial charge in [-0.2, -0.15) is 0 Å². The van der Waals surface area contributed by atoms with Gasteiger partial charge in [0.2, 0.25) is 0 Å². The van der Waals surface area contributed by atoms with Crippen LogP contribution in [-0.4, -0.2) is 50.8 Å². The maximum atomic E-state index is 5.66. The van der Waals surface area contributed by atoms with E-state index in [-0.39, 0.29) is 0 Å². The molecule has 0 saturated carbocycles. The molecule has 2 atom stereocenters. The summed E-state index contributed by atoms with van der Waals surface area (Å²) in [5.41, 5.74) is 0.542. The van der Waals surface area contributed by atoms with Gasteiger partial charge in [0.15, 0.2) is 0 Å². The third-order valence-electron chi connectivity index (χ3n) is 4.77. The minimum atomic E-state index is 0.542. The van der Waals surface area contributed by atoms with Gasteiger partial charge in [-0.3, -0.25) is 0 Å². The Morgan fingerprint density at radius 2 is 2.11 bits per heavy atom. The summed E-state index contributed by atoms with van der Waals surface area (Å²) in [6.07, 6.45) is 5.23. The highest BCUT2D eigenvalue weighted by Crippen LogP contribution is 2.30. The molecule has 0 spiro atoms. The number of ether oxygens (including phenoxy) is 1. The topological polar surface area (TPSA) is 24.5 Å². The Balaban J connectivity index is 1.84. The molecule has 2 aliphatic rings. The molecule has 0 bridgehead atoms. The molecule has 0 radical (unpaired) electrons. The predicted octanol–water partition coefficient (Wildman–Crippen LogP) is 2.12. The molecule has 2 aliphatic heterocycles. The summed E-state index contributed by atoms with van der Waals surface area (Å²) in [5, 5.41) is 3.47. The molecule has 106 valence electrons. The van der Waals surface area contributed by atoms with E-state index in [0.717, 1.165) is 13.2 Å². The molecule has 3 heteroatoms. The van der Waals surface area contributed by atoms with Gasteiger partial charge in [0.25, 0.3) is 0 Å². The summed E-state index contributed by atoms with van der Waals surface area (Å²) in [6.45, 7) is 10.4. The van der Waals surface area contributed by atoms with Crippen molar-refractivity contribution in [2.75, 3.05) is 39.9 Å². The van der Waals surface area contributed by atoms with Crippen LogP contribution in [0.3, 0.4) is 0 Å². The first kappa shape index (κ1) is 14.3. The number of rotatable bonds is 3. The number of hydrogen-bond donors (Lipinski definition) is 1. The fourth-order valence-electron chi connectivity index (χ4n) is 3.35. The zero-order valence-corrected chi connectivity index (χ0v) is 12.4. The zero-order valence-electron chi connectivity index (χ0n) is 12.4. The number of likely N-dealkylation sites (tertiary alicyclic amines) is 1. The zero-order chi connectivity index (χ0) is 13.0. The van der Waals surface area contributed by atoms with Gasteiger partial charge in [0, 0.05) is 25.1 Å². The Bertz CT molecular complexity index is 255. The standard InChI is InChI=1S/C15H30N2O/c1-15(2)6-4-8-17(9-7-15)11-13-12-18-10-5-14(13)16-3/h13-14,16H,4-12H2,1-3H3. The largest absolute Gasteiger partial charge is 0.381 e. The summed E-state index contributed by atoms with van der Waals surface area (Å²) >= 11 is 0. The quantitative estimate of drug-likeness (QED) is 0.835. The van der Waals surface area contributed by atoms with Gasteiger partial charge < -0.3 is 15.0 Å². The number of hydrogen-bond acceptors (Lipinski definition) is 3. The second-order valence-corrected chi connectivity index (χ2v) is 6.84. The van der Waals surface area contributed by atoms with Gasteiger partial charge in [-0.05, 0) is 51.2 Å². The molecule has 0 aromatic carbocycles. The first-order valence-corrected chi connectivity index (χ1v) is 7.58. The molecule has 0 aromatic heterocycles. The van der Waals surface area contributed by atoms with Crippen LogP contribution in [0.25, 0.3) is 0 Å². The van der Waals surface area contributed by atoms with Gasteiger partial charge in [-0.25, -0.2) is 0 Å². The SMILES string of the molecule is CNC1CCOCC1CN1CCCC(C)(C)CC1. The van der Waals surface area contributed by atoms with E-state index in [9.17, 15) is 0 Å². The molecule has 3 nitrogen and oxygen atoms in total. The Morgan fingerprint density at radius 1 is 1.28 bits per heavy atom. The van der Waals surface area contributed by atoms with Crippen molar-refractivity contribution in [1.29, 1.82) is 0 Å². The van der Waals surface area contributed by atoms with Gasteiger partial charge in [0.1, 0.15) is 0 Å². The van der Waals surface area contributed by atoms with E-state index in [1.807, 2.05) is 0 Å². The van der Waals surface area contributed by atoms with Crippen molar-refractivity contribution in [3.8, 4) is 0 Å². The van der Waals surface area contributed by atoms with Gasteiger partial charge >= 0.3 is 0 Å². The van der Waals surface area contributed by atoms with Crippen LogP contribution in [0.5, 0.6) is 0 Å². The molecule has 0 amide bonds. The van der Waals surface area contributed by atoms with Crippen LogP contribution in [0.4, 0.5) is 0 Å². The molecular weight excluding hydrogens is 224 g/mol. The smallest absolute Gasteiger partial charge is 0.0521 e. The second kappa shape index (κ2) is 6.36. The van der Waals surface area contributed by atoms with Gasteiger partial charge in [-0.15, -0.1) is 0 Å². The third kappa shape index (κ3) is 3.94. The maximum Gasteiger partial charge on any atom is 0.0521 e. The summed E-state index contributed by atoms with van der Waals surface area (Å²) in [5.74, 6) is 0.671. The highest BCUT2D eigenvalue weighted by atomic mass is 16.5. The lowest BCUT2D eigenvalue weighted by Crippen LogP contribution is -2.46. The molecule has 2 unspecified atom stereocenters. The number of nitrogens with zero attached hydrogens (tertiary/aromatic N) is 1. The Kier molecular flexibility index (Phi) is 5.05. The Hall–Kier alpha value is -0.120. The average Bonchev–Trinajstić information content (AvgIpc) is 2.52. The summed E-state index contributed by atoms with van der Waals surface area (Å²) in [7, 11) is 2.09. The van der Waals surface area contributed by atoms with Crippen LogP contribution in [0.15, 0.2) is 0 Å². The molecule has 1 N–H and O–H groups in total. The fraction of sp³-hybridized carbons (Fsp3) is 1.00. The fourth-order valence-corrected chi connectivity index (χ4v) is 3.35. The third-order valence-corrected chi connectivity index (χ3v) is 4.77. The lowest BCUT2D eigenvalue weighted by molar-refractivity contribution is 0.0185. The summed E-state index contributed by atoms with van der Waals surface area (Å²) in [6, 6.07) is 0.648. The van der Waals surface area contributed by atoms with Crippen molar-refractivity contribution in [2.45, 2.75) is 45.6 Å². The van der Waals surface area contributed by atoms with E-state index in [2.05, 4.69) is 31.1 Å². The van der Waals surface area contributed by atoms with E-state index < -0.39 is 0 Å². The predicted molar refractivity (Wildman–Crippen MR) is 75.8 cm³/mol. The molecule has 18 heavy (non-hydrogen) atoms. The van der Waals surface area contributed by atoms with E-state index in [1.54, 1.807) is 0 Å². The van der Waals surface area contributed by atoms with Crippen molar-refractivity contribution >= 4 is 0 Å². The van der Waals surface area contributed by atoms with E-state index in [4.69, 9.17) is 4.74 Å². The van der Waals surface area contributed by atoms with Crippen molar-refractivity contribution in [3.05, 3.63) is 0 Å². The van der Waals surface area contributed by atoms with Crippen LogP contribution in [0.1, 0.15) is 39.5 Å². The van der Waals surface area contributed by atoms with E-state index >= 15 is 0 Å². The molecule has 2 fully saturated rings. The molecule has 2 saturated heterocycles. The lowest BCUT2D eigenvalue weighted by atomic mass is 9.85. The van der Waals surface area contributed by atoms with Crippen LogP contribution >= 0.6 is 0 Å². The molecule has 0 aromatic rings. The molecule has 2 rings (SSSR count). The maximum absolute atomic E-state index is 5.66. The molecule has 2 heterocycles.